The molecule has 0 unspecified atom stereocenters. The van der Waals surface area contributed by atoms with E-state index >= 15 is 0 Å². The van der Waals surface area contributed by atoms with Gasteiger partial charge in [0.25, 0.3) is 10.2 Å². The minimum absolute atomic E-state index is 0.517. The molecule has 1 rings (SSSR count). The van der Waals surface area contributed by atoms with Crippen LogP contribution in [0, 0.1) is 0 Å². The maximum absolute atomic E-state index is 11.9. The van der Waals surface area contributed by atoms with Crippen LogP contribution < -0.4 is 10.0 Å². The van der Waals surface area contributed by atoms with Gasteiger partial charge < -0.3 is 10.2 Å². The van der Waals surface area contributed by atoms with Gasteiger partial charge in [0.1, 0.15) is 0 Å². The average Bonchev–Trinajstić information content (AvgIpc) is 2.42. The van der Waals surface area contributed by atoms with Crippen molar-refractivity contribution >= 4 is 10.2 Å². The van der Waals surface area contributed by atoms with E-state index in [0.717, 1.165) is 52.0 Å². The van der Waals surface area contributed by atoms with Crippen LogP contribution in [0.2, 0.25) is 0 Å². The fourth-order valence-corrected chi connectivity index (χ4v) is 3.04. The number of nitrogens with one attached hydrogen (secondary N) is 2. The summed E-state index contributed by atoms with van der Waals surface area (Å²) in [5, 5.41) is 3.30. The van der Waals surface area contributed by atoms with Gasteiger partial charge in [-0.3, -0.25) is 0 Å². The second-order valence-electron chi connectivity index (χ2n) is 5.02. The SMILES string of the molecule is CCCCN(C)S(=O)(=O)NCCCN1CCNCC1. The van der Waals surface area contributed by atoms with Crippen molar-refractivity contribution in [1.29, 1.82) is 0 Å². The summed E-state index contributed by atoms with van der Waals surface area (Å²) < 4.78 is 27.8. The molecule has 1 fully saturated rings. The summed E-state index contributed by atoms with van der Waals surface area (Å²) in [6.07, 6.45) is 2.77. The van der Waals surface area contributed by atoms with Crippen LogP contribution in [0.4, 0.5) is 0 Å². The van der Waals surface area contributed by atoms with Crippen molar-refractivity contribution in [3.05, 3.63) is 0 Å². The zero-order valence-electron chi connectivity index (χ0n) is 12.2. The highest BCUT2D eigenvalue weighted by Gasteiger charge is 2.16. The summed E-state index contributed by atoms with van der Waals surface area (Å²) in [5.41, 5.74) is 0. The van der Waals surface area contributed by atoms with E-state index in [-0.39, 0.29) is 0 Å². The predicted molar refractivity (Wildman–Crippen MR) is 78.4 cm³/mol. The minimum Gasteiger partial charge on any atom is -0.314 e. The highest BCUT2D eigenvalue weighted by molar-refractivity contribution is 7.87. The van der Waals surface area contributed by atoms with Crippen molar-refractivity contribution < 1.29 is 8.42 Å². The Balaban J connectivity index is 2.16. The van der Waals surface area contributed by atoms with E-state index in [1.54, 1.807) is 7.05 Å². The van der Waals surface area contributed by atoms with E-state index in [2.05, 4.69) is 21.9 Å². The molecule has 1 aliphatic rings. The molecule has 0 saturated carbocycles. The molecule has 7 heteroatoms. The van der Waals surface area contributed by atoms with Crippen LogP contribution in [0.15, 0.2) is 0 Å². The second-order valence-corrected chi connectivity index (χ2v) is 6.88. The first-order valence-corrected chi connectivity index (χ1v) is 8.64. The maximum atomic E-state index is 11.9. The van der Waals surface area contributed by atoms with Gasteiger partial charge in [-0.15, -0.1) is 0 Å². The zero-order chi connectivity index (χ0) is 14.1. The highest BCUT2D eigenvalue weighted by atomic mass is 32.2. The molecule has 0 atom stereocenters. The van der Waals surface area contributed by atoms with Crippen LogP contribution in [0.1, 0.15) is 26.2 Å². The Hall–Kier alpha value is -0.210. The van der Waals surface area contributed by atoms with Crippen LogP contribution >= 0.6 is 0 Å². The molecule has 6 nitrogen and oxygen atoms in total. The van der Waals surface area contributed by atoms with Crippen LogP contribution in [-0.4, -0.2) is 70.5 Å². The average molecular weight is 292 g/mol. The van der Waals surface area contributed by atoms with E-state index in [1.165, 1.54) is 4.31 Å². The normalized spacial score (nSPS) is 18.1. The number of hydrogen-bond acceptors (Lipinski definition) is 4. The fourth-order valence-electron chi connectivity index (χ4n) is 2.05. The van der Waals surface area contributed by atoms with Gasteiger partial charge in [-0.25, -0.2) is 4.72 Å². The Morgan fingerprint density at radius 2 is 1.95 bits per heavy atom. The molecular weight excluding hydrogens is 264 g/mol. The molecular formula is C12H28N4O2S. The topological polar surface area (TPSA) is 64.7 Å². The van der Waals surface area contributed by atoms with Gasteiger partial charge in [-0.1, -0.05) is 13.3 Å². The van der Waals surface area contributed by atoms with Crippen molar-refractivity contribution in [3.8, 4) is 0 Å². The summed E-state index contributed by atoms with van der Waals surface area (Å²) in [7, 11) is -1.65. The fraction of sp³-hybridized carbons (Fsp3) is 1.00. The molecule has 0 bridgehead atoms. The van der Waals surface area contributed by atoms with Crippen molar-refractivity contribution in [1.82, 2.24) is 19.2 Å². The molecule has 1 saturated heterocycles. The smallest absolute Gasteiger partial charge is 0.279 e. The number of rotatable bonds is 9. The number of piperazine rings is 1. The predicted octanol–water partition coefficient (Wildman–Crippen LogP) is -0.152. The molecule has 0 radical (unpaired) electrons. The van der Waals surface area contributed by atoms with Gasteiger partial charge in [0, 0.05) is 46.3 Å². The summed E-state index contributed by atoms with van der Waals surface area (Å²) >= 11 is 0. The molecule has 0 aromatic heterocycles. The second kappa shape index (κ2) is 8.86. The molecule has 0 aromatic carbocycles. The van der Waals surface area contributed by atoms with Gasteiger partial charge in [0.2, 0.25) is 0 Å². The summed E-state index contributed by atoms with van der Waals surface area (Å²) in [6, 6.07) is 0. The molecule has 1 heterocycles. The Morgan fingerprint density at radius 3 is 2.58 bits per heavy atom. The first kappa shape index (κ1) is 16.8. The molecule has 0 spiro atoms. The number of unbranched alkanes of at least 4 members (excludes halogenated alkanes) is 1. The molecule has 0 amide bonds. The summed E-state index contributed by atoms with van der Waals surface area (Å²) in [4.78, 5) is 2.37. The van der Waals surface area contributed by atoms with Gasteiger partial charge in [-0.2, -0.15) is 12.7 Å². The lowest BCUT2D eigenvalue weighted by molar-refractivity contribution is 0.239. The van der Waals surface area contributed by atoms with Crippen LogP contribution in [0.25, 0.3) is 0 Å². The summed E-state index contributed by atoms with van der Waals surface area (Å²) in [5.74, 6) is 0. The lowest BCUT2D eigenvalue weighted by Crippen LogP contribution is -2.44. The lowest BCUT2D eigenvalue weighted by atomic mass is 10.3. The molecule has 2 N–H and O–H groups in total. The van der Waals surface area contributed by atoms with Crippen molar-refractivity contribution in [3.63, 3.8) is 0 Å². The monoisotopic (exact) mass is 292 g/mol. The Kier molecular flexibility index (Phi) is 7.86. The van der Waals surface area contributed by atoms with Crippen LogP contribution in [0.3, 0.4) is 0 Å². The largest absolute Gasteiger partial charge is 0.314 e. The third kappa shape index (κ3) is 6.67. The van der Waals surface area contributed by atoms with E-state index in [0.29, 0.717) is 13.1 Å². The lowest BCUT2D eigenvalue weighted by Gasteiger charge is -2.27. The maximum Gasteiger partial charge on any atom is 0.279 e. The van der Waals surface area contributed by atoms with E-state index in [1.807, 2.05) is 0 Å². The molecule has 0 aliphatic carbocycles. The standard InChI is InChI=1S/C12H28N4O2S/c1-3-4-9-15(2)19(17,18)14-6-5-10-16-11-7-13-8-12-16/h13-14H,3-12H2,1-2H3. The molecule has 1 aliphatic heterocycles. The van der Waals surface area contributed by atoms with Crippen molar-refractivity contribution in [2.45, 2.75) is 26.2 Å². The number of nitrogens with zero attached hydrogens (tertiary/aromatic N) is 2. The summed E-state index contributed by atoms with van der Waals surface area (Å²) in [6.45, 7) is 8.31. The molecule has 19 heavy (non-hydrogen) atoms. The van der Waals surface area contributed by atoms with Gasteiger partial charge in [-0.05, 0) is 19.4 Å². The quantitative estimate of drug-likeness (QED) is 0.580. The highest BCUT2D eigenvalue weighted by Crippen LogP contribution is 1.99. The first-order chi connectivity index (χ1) is 9.06. The van der Waals surface area contributed by atoms with E-state index < -0.39 is 10.2 Å². The van der Waals surface area contributed by atoms with Gasteiger partial charge in [0.15, 0.2) is 0 Å². The Labute approximate surface area is 117 Å². The van der Waals surface area contributed by atoms with Crippen molar-refractivity contribution in [2.75, 3.05) is 52.9 Å². The Bertz CT molecular complexity index is 329. The minimum atomic E-state index is -3.28. The van der Waals surface area contributed by atoms with E-state index in [9.17, 15) is 8.42 Å². The van der Waals surface area contributed by atoms with Crippen LogP contribution in [-0.2, 0) is 10.2 Å². The number of hydrogen-bond donors (Lipinski definition) is 2. The van der Waals surface area contributed by atoms with E-state index in [4.69, 9.17) is 0 Å². The van der Waals surface area contributed by atoms with Crippen molar-refractivity contribution in [2.24, 2.45) is 0 Å². The third-order valence-corrected chi connectivity index (χ3v) is 4.95. The molecule has 0 aromatic rings. The van der Waals surface area contributed by atoms with Crippen LogP contribution in [0.5, 0.6) is 0 Å². The van der Waals surface area contributed by atoms with Gasteiger partial charge >= 0.3 is 0 Å². The Morgan fingerprint density at radius 1 is 1.26 bits per heavy atom. The third-order valence-electron chi connectivity index (χ3n) is 3.38. The first-order valence-electron chi connectivity index (χ1n) is 7.20. The van der Waals surface area contributed by atoms with Gasteiger partial charge in [0.05, 0.1) is 0 Å². The zero-order valence-corrected chi connectivity index (χ0v) is 13.0. The molecule has 114 valence electrons.